The number of methoxy groups -OCH3 is 1. The van der Waals surface area contributed by atoms with Crippen LogP contribution in [0.1, 0.15) is 10.5 Å². The Bertz CT molecular complexity index is 497. The van der Waals surface area contributed by atoms with Crippen LogP contribution in [0.5, 0.6) is 5.75 Å². The molecule has 0 atom stereocenters. The van der Waals surface area contributed by atoms with Crippen LogP contribution in [-0.4, -0.2) is 24.4 Å². The van der Waals surface area contributed by atoms with Crippen LogP contribution in [0.25, 0.3) is 0 Å². The van der Waals surface area contributed by atoms with Crippen LogP contribution in [0.3, 0.4) is 0 Å². The summed E-state index contributed by atoms with van der Waals surface area (Å²) in [4.78, 5) is 24.3. The Kier molecular flexibility index (Phi) is 4.01. The minimum atomic E-state index is -4.97. The highest BCUT2D eigenvalue weighted by molar-refractivity contribution is 14.1. The van der Waals surface area contributed by atoms with Crippen LogP contribution in [0.15, 0.2) is 10.9 Å². The third kappa shape index (κ3) is 3.61. The first-order valence-electron chi connectivity index (χ1n) is 4.01. The summed E-state index contributed by atoms with van der Waals surface area (Å²) in [5.41, 5.74) is -1.39. The van der Waals surface area contributed by atoms with Crippen LogP contribution in [-0.2, 0) is 4.74 Å². The van der Waals surface area contributed by atoms with E-state index in [0.717, 1.165) is 13.2 Å². The maximum absolute atomic E-state index is 11.9. The van der Waals surface area contributed by atoms with Gasteiger partial charge in [-0.3, -0.25) is 4.79 Å². The zero-order valence-electron chi connectivity index (χ0n) is 8.22. The van der Waals surface area contributed by atoms with Gasteiger partial charge in [0.25, 0.3) is 5.56 Å². The Morgan fingerprint density at radius 2 is 2.06 bits per heavy atom. The Labute approximate surface area is 106 Å². The van der Waals surface area contributed by atoms with Crippen molar-refractivity contribution >= 4 is 28.6 Å². The third-order valence-electron chi connectivity index (χ3n) is 1.57. The molecule has 0 aliphatic heterocycles. The van der Waals surface area contributed by atoms with Crippen LogP contribution in [0.2, 0.25) is 0 Å². The van der Waals surface area contributed by atoms with Gasteiger partial charge in [-0.2, -0.15) is 0 Å². The largest absolute Gasteiger partial charge is 0.573 e. The molecule has 1 aromatic heterocycles. The van der Waals surface area contributed by atoms with Crippen molar-refractivity contribution in [2.75, 3.05) is 7.11 Å². The number of hydrogen-bond acceptors (Lipinski definition) is 4. The van der Waals surface area contributed by atoms with Crippen LogP contribution < -0.4 is 10.3 Å². The zero-order valence-corrected chi connectivity index (χ0v) is 10.4. The average molecular weight is 363 g/mol. The number of H-pyrrole nitrogens is 1. The molecule has 9 heteroatoms. The first-order valence-corrected chi connectivity index (χ1v) is 5.09. The molecule has 0 amide bonds. The Morgan fingerprint density at radius 1 is 1.47 bits per heavy atom. The Balaban J connectivity index is 3.19. The van der Waals surface area contributed by atoms with E-state index in [1.165, 1.54) is 0 Å². The van der Waals surface area contributed by atoms with E-state index in [4.69, 9.17) is 0 Å². The molecule has 1 rings (SSSR count). The quantitative estimate of drug-likeness (QED) is 0.641. The normalized spacial score (nSPS) is 11.1. The van der Waals surface area contributed by atoms with E-state index >= 15 is 0 Å². The molecule has 0 aromatic carbocycles. The highest BCUT2D eigenvalue weighted by Crippen LogP contribution is 2.21. The summed E-state index contributed by atoms with van der Waals surface area (Å²) in [5, 5.41) is 0. The van der Waals surface area contributed by atoms with Gasteiger partial charge in [-0.05, 0) is 22.6 Å². The molecule has 0 spiro atoms. The van der Waals surface area contributed by atoms with Gasteiger partial charge in [0, 0.05) is 9.64 Å². The zero-order chi connectivity index (χ0) is 13.2. The summed E-state index contributed by atoms with van der Waals surface area (Å²) >= 11 is 1.57. The molecule has 1 heterocycles. The number of halogens is 4. The standard InChI is InChI=1S/C8H5F3INO4/c1-16-7(15)5-3(12)2-4(6(14)13-5)17-8(9,10)11/h2H,1H3,(H,13,14). The molecule has 17 heavy (non-hydrogen) atoms. The highest BCUT2D eigenvalue weighted by Gasteiger charge is 2.32. The van der Waals surface area contributed by atoms with E-state index in [1.54, 1.807) is 22.6 Å². The summed E-state index contributed by atoms with van der Waals surface area (Å²) in [6.07, 6.45) is -4.97. The average Bonchev–Trinajstić information content (AvgIpc) is 2.20. The van der Waals surface area contributed by atoms with Crippen molar-refractivity contribution in [3.05, 3.63) is 25.7 Å². The molecule has 94 valence electrons. The number of alkyl halides is 3. The molecule has 0 radical (unpaired) electrons. The van der Waals surface area contributed by atoms with E-state index in [0.29, 0.717) is 0 Å². The lowest BCUT2D eigenvalue weighted by Gasteiger charge is -2.09. The number of esters is 1. The van der Waals surface area contributed by atoms with Crippen molar-refractivity contribution in [2.24, 2.45) is 0 Å². The predicted molar refractivity (Wildman–Crippen MR) is 57.8 cm³/mol. The first-order chi connectivity index (χ1) is 7.74. The Hall–Kier alpha value is -1.26. The van der Waals surface area contributed by atoms with Gasteiger partial charge in [0.05, 0.1) is 7.11 Å². The maximum atomic E-state index is 11.9. The van der Waals surface area contributed by atoms with Crippen LogP contribution in [0.4, 0.5) is 13.2 Å². The molecule has 0 fully saturated rings. The number of nitrogens with one attached hydrogen (secondary N) is 1. The fourth-order valence-corrected chi connectivity index (χ4v) is 1.58. The SMILES string of the molecule is COC(=O)c1[nH]c(=O)c(OC(F)(F)F)cc1I. The molecule has 0 aliphatic rings. The lowest BCUT2D eigenvalue weighted by Crippen LogP contribution is -2.24. The fourth-order valence-electron chi connectivity index (χ4n) is 0.939. The van der Waals surface area contributed by atoms with Crippen molar-refractivity contribution in [3.8, 4) is 5.75 Å². The van der Waals surface area contributed by atoms with Gasteiger partial charge in [0.2, 0.25) is 0 Å². The van der Waals surface area contributed by atoms with Gasteiger partial charge in [0.15, 0.2) is 5.75 Å². The number of aromatic nitrogens is 1. The molecule has 0 aliphatic carbocycles. The van der Waals surface area contributed by atoms with Crippen molar-refractivity contribution in [3.63, 3.8) is 0 Å². The highest BCUT2D eigenvalue weighted by atomic mass is 127. The fraction of sp³-hybridized carbons (Fsp3) is 0.250. The second-order valence-corrected chi connectivity index (χ2v) is 3.89. The van der Waals surface area contributed by atoms with Crippen molar-refractivity contribution in [1.82, 2.24) is 4.98 Å². The molecular formula is C8H5F3INO4. The van der Waals surface area contributed by atoms with Crippen LogP contribution in [0, 0.1) is 3.57 Å². The minimum Gasteiger partial charge on any atom is -0.464 e. The molecule has 5 nitrogen and oxygen atoms in total. The molecule has 1 N–H and O–H groups in total. The number of rotatable bonds is 2. The molecule has 0 saturated heterocycles. The van der Waals surface area contributed by atoms with E-state index in [9.17, 15) is 22.8 Å². The van der Waals surface area contributed by atoms with E-state index in [-0.39, 0.29) is 9.26 Å². The third-order valence-corrected chi connectivity index (χ3v) is 2.42. The monoisotopic (exact) mass is 363 g/mol. The second kappa shape index (κ2) is 4.94. The van der Waals surface area contributed by atoms with Crippen molar-refractivity contribution in [2.45, 2.75) is 6.36 Å². The summed E-state index contributed by atoms with van der Waals surface area (Å²) < 4.78 is 43.6. The molecule has 0 saturated carbocycles. The van der Waals surface area contributed by atoms with Gasteiger partial charge in [-0.15, -0.1) is 13.2 Å². The van der Waals surface area contributed by atoms with Crippen LogP contribution >= 0.6 is 22.6 Å². The van der Waals surface area contributed by atoms with Gasteiger partial charge >= 0.3 is 12.3 Å². The smallest absolute Gasteiger partial charge is 0.464 e. The minimum absolute atomic E-state index is 0.0771. The Morgan fingerprint density at radius 3 is 2.53 bits per heavy atom. The van der Waals surface area contributed by atoms with E-state index in [2.05, 4.69) is 9.47 Å². The number of carbonyl (C=O) groups is 1. The number of carbonyl (C=O) groups excluding carboxylic acids is 1. The maximum Gasteiger partial charge on any atom is 0.573 e. The topological polar surface area (TPSA) is 68.4 Å². The summed E-state index contributed by atoms with van der Waals surface area (Å²) in [6.45, 7) is 0. The van der Waals surface area contributed by atoms with Crippen molar-refractivity contribution in [1.29, 1.82) is 0 Å². The van der Waals surface area contributed by atoms with E-state index in [1.807, 2.05) is 4.98 Å². The van der Waals surface area contributed by atoms with Gasteiger partial charge in [0.1, 0.15) is 5.69 Å². The summed E-state index contributed by atoms with van der Waals surface area (Å²) in [7, 11) is 1.08. The van der Waals surface area contributed by atoms with Gasteiger partial charge in [-0.1, -0.05) is 0 Å². The molecule has 1 aromatic rings. The summed E-state index contributed by atoms with van der Waals surface area (Å²) in [5.74, 6) is -1.79. The molecular weight excluding hydrogens is 358 g/mol. The number of hydrogen-bond donors (Lipinski definition) is 1. The lowest BCUT2D eigenvalue weighted by atomic mass is 10.3. The number of aromatic amines is 1. The molecule has 0 unspecified atom stereocenters. The number of pyridine rings is 1. The second-order valence-electron chi connectivity index (χ2n) is 2.73. The lowest BCUT2D eigenvalue weighted by molar-refractivity contribution is -0.275. The predicted octanol–water partition coefficient (Wildman–Crippen LogP) is 1.66. The van der Waals surface area contributed by atoms with E-state index < -0.39 is 23.6 Å². The summed E-state index contributed by atoms with van der Waals surface area (Å²) in [6, 6.07) is 0.805. The molecule has 0 bridgehead atoms. The van der Waals surface area contributed by atoms with Gasteiger partial charge < -0.3 is 14.5 Å². The van der Waals surface area contributed by atoms with Crippen molar-refractivity contribution < 1.29 is 27.4 Å². The van der Waals surface area contributed by atoms with Gasteiger partial charge in [-0.25, -0.2) is 4.79 Å². The first kappa shape index (κ1) is 13.8. The number of ether oxygens (including phenoxy) is 2.